The molecule has 160 valence electrons. The highest BCUT2D eigenvalue weighted by atomic mass is 16.6. The predicted molar refractivity (Wildman–Crippen MR) is 112 cm³/mol. The Morgan fingerprint density at radius 1 is 1.17 bits per heavy atom. The quantitative estimate of drug-likeness (QED) is 0.762. The third kappa shape index (κ3) is 5.64. The highest BCUT2D eigenvalue weighted by molar-refractivity contribution is 5.85. The van der Waals surface area contributed by atoms with Gasteiger partial charge in [-0.25, -0.2) is 4.79 Å². The summed E-state index contributed by atoms with van der Waals surface area (Å²) in [5.74, 6) is 1.52. The molecule has 1 fully saturated rings. The molecule has 0 N–H and O–H groups in total. The number of likely N-dealkylation sites (tertiary alicyclic amines) is 1. The maximum absolute atomic E-state index is 13.1. The van der Waals surface area contributed by atoms with E-state index in [1.165, 1.54) is 0 Å². The third-order valence-electron chi connectivity index (χ3n) is 5.76. The van der Waals surface area contributed by atoms with E-state index in [2.05, 4.69) is 0 Å². The van der Waals surface area contributed by atoms with E-state index >= 15 is 0 Å². The van der Waals surface area contributed by atoms with Gasteiger partial charge in [0.15, 0.2) is 0 Å². The van der Waals surface area contributed by atoms with E-state index < -0.39 is 5.60 Å². The number of piperidine rings is 1. The zero-order chi connectivity index (χ0) is 21.0. The number of benzene rings is 1. The van der Waals surface area contributed by atoms with Gasteiger partial charge in [-0.2, -0.15) is 0 Å². The number of nitrogens with zero attached hydrogens (tertiary/aromatic N) is 2. The SMILES string of the molecule is CN(CCC1CCN(C(=O)[C@H]2CCOc3ccccc32)CC1)C(=O)OC(C)(C)C. The summed E-state index contributed by atoms with van der Waals surface area (Å²) in [7, 11) is 1.79. The average molecular weight is 403 g/mol. The van der Waals surface area contributed by atoms with Crippen molar-refractivity contribution >= 4 is 12.0 Å². The first-order valence-corrected chi connectivity index (χ1v) is 10.7. The lowest BCUT2D eigenvalue weighted by atomic mass is 9.89. The second-order valence-electron chi connectivity index (χ2n) is 9.19. The Hall–Kier alpha value is -2.24. The monoisotopic (exact) mass is 402 g/mol. The summed E-state index contributed by atoms with van der Waals surface area (Å²) in [5.41, 5.74) is 0.546. The van der Waals surface area contributed by atoms with Crippen LogP contribution in [-0.2, 0) is 9.53 Å². The van der Waals surface area contributed by atoms with Crippen LogP contribution in [0.3, 0.4) is 0 Å². The molecule has 1 aromatic rings. The number of hydrogen-bond donors (Lipinski definition) is 0. The maximum atomic E-state index is 13.1. The number of hydrogen-bond acceptors (Lipinski definition) is 4. The van der Waals surface area contributed by atoms with Crippen LogP contribution in [0.4, 0.5) is 4.79 Å². The molecular formula is C23H34N2O4. The molecular weight excluding hydrogens is 368 g/mol. The van der Waals surface area contributed by atoms with Crippen LogP contribution in [-0.4, -0.2) is 60.7 Å². The van der Waals surface area contributed by atoms with E-state index in [0.29, 0.717) is 19.1 Å². The summed E-state index contributed by atoms with van der Waals surface area (Å²) >= 11 is 0. The number of carbonyl (C=O) groups excluding carboxylic acids is 2. The van der Waals surface area contributed by atoms with Gasteiger partial charge in [0, 0.05) is 32.2 Å². The van der Waals surface area contributed by atoms with Crippen LogP contribution in [0.25, 0.3) is 0 Å². The van der Waals surface area contributed by atoms with Crippen LogP contribution >= 0.6 is 0 Å². The summed E-state index contributed by atoms with van der Waals surface area (Å²) in [4.78, 5) is 28.9. The van der Waals surface area contributed by atoms with Crippen LogP contribution in [0, 0.1) is 5.92 Å². The summed E-state index contributed by atoms with van der Waals surface area (Å²) in [5, 5.41) is 0. The third-order valence-corrected chi connectivity index (χ3v) is 5.76. The second-order valence-corrected chi connectivity index (χ2v) is 9.19. The van der Waals surface area contributed by atoms with Gasteiger partial charge in [-0.3, -0.25) is 4.79 Å². The highest BCUT2D eigenvalue weighted by Gasteiger charge is 2.33. The van der Waals surface area contributed by atoms with E-state index in [-0.39, 0.29) is 17.9 Å². The fourth-order valence-electron chi connectivity index (χ4n) is 4.07. The van der Waals surface area contributed by atoms with E-state index in [9.17, 15) is 9.59 Å². The molecule has 0 radical (unpaired) electrons. The Bertz CT molecular complexity index is 720. The van der Waals surface area contributed by atoms with Gasteiger partial charge in [-0.15, -0.1) is 0 Å². The maximum Gasteiger partial charge on any atom is 0.410 e. The predicted octanol–water partition coefficient (Wildman–Crippen LogP) is 4.05. The number of ether oxygens (including phenoxy) is 2. The van der Waals surface area contributed by atoms with Gasteiger partial charge < -0.3 is 19.3 Å². The fourth-order valence-corrected chi connectivity index (χ4v) is 4.07. The standard InChI is InChI=1S/C23H34N2O4/c1-23(2,3)29-22(27)24(4)13-9-17-10-14-25(15-11-17)21(26)19-12-16-28-20-8-6-5-7-18(19)20/h5-8,17,19H,9-16H2,1-4H3/t19-/m0/s1. The molecule has 1 atom stereocenters. The lowest BCUT2D eigenvalue weighted by molar-refractivity contribution is -0.135. The molecule has 0 bridgehead atoms. The molecule has 1 aromatic carbocycles. The molecule has 0 aromatic heterocycles. The van der Waals surface area contributed by atoms with Crippen molar-refractivity contribution in [2.75, 3.05) is 33.3 Å². The number of fused-ring (bicyclic) bond motifs is 1. The average Bonchev–Trinajstić information content (AvgIpc) is 2.70. The number of para-hydroxylation sites is 1. The molecule has 6 nitrogen and oxygen atoms in total. The Kier molecular flexibility index (Phi) is 6.70. The number of amides is 2. The van der Waals surface area contributed by atoms with Crippen molar-refractivity contribution in [3.63, 3.8) is 0 Å². The van der Waals surface area contributed by atoms with E-state index in [1.807, 2.05) is 49.9 Å². The van der Waals surface area contributed by atoms with Gasteiger partial charge in [0.05, 0.1) is 12.5 Å². The normalized spacial score (nSPS) is 19.9. The van der Waals surface area contributed by atoms with Crippen molar-refractivity contribution in [3.05, 3.63) is 29.8 Å². The Balaban J connectivity index is 1.46. The zero-order valence-electron chi connectivity index (χ0n) is 18.1. The second kappa shape index (κ2) is 9.06. The molecule has 0 spiro atoms. The van der Waals surface area contributed by atoms with E-state index in [0.717, 1.165) is 50.1 Å². The molecule has 2 aliphatic rings. The van der Waals surface area contributed by atoms with E-state index in [4.69, 9.17) is 9.47 Å². The first-order chi connectivity index (χ1) is 13.7. The lowest BCUT2D eigenvalue weighted by Gasteiger charge is -2.36. The van der Waals surface area contributed by atoms with Gasteiger partial charge in [0.1, 0.15) is 11.4 Å². The van der Waals surface area contributed by atoms with Gasteiger partial charge in [-0.1, -0.05) is 18.2 Å². The summed E-state index contributed by atoms with van der Waals surface area (Å²) in [6.07, 6.45) is 3.38. The summed E-state index contributed by atoms with van der Waals surface area (Å²) in [6, 6.07) is 7.88. The van der Waals surface area contributed by atoms with Crippen LogP contribution < -0.4 is 4.74 Å². The number of rotatable bonds is 4. The minimum Gasteiger partial charge on any atom is -0.493 e. The molecule has 2 heterocycles. The molecule has 1 saturated heterocycles. The largest absolute Gasteiger partial charge is 0.493 e. The Morgan fingerprint density at radius 3 is 2.55 bits per heavy atom. The van der Waals surface area contributed by atoms with Crippen LogP contribution in [0.1, 0.15) is 57.9 Å². The van der Waals surface area contributed by atoms with Crippen LogP contribution in [0.5, 0.6) is 5.75 Å². The molecule has 0 aliphatic carbocycles. The molecule has 29 heavy (non-hydrogen) atoms. The van der Waals surface area contributed by atoms with Crippen molar-refractivity contribution in [2.24, 2.45) is 5.92 Å². The smallest absolute Gasteiger partial charge is 0.410 e. The van der Waals surface area contributed by atoms with Crippen molar-refractivity contribution in [1.82, 2.24) is 9.80 Å². The van der Waals surface area contributed by atoms with Gasteiger partial charge in [-0.05, 0) is 58.4 Å². The fraction of sp³-hybridized carbons (Fsp3) is 0.652. The van der Waals surface area contributed by atoms with Crippen LogP contribution in [0.15, 0.2) is 24.3 Å². The van der Waals surface area contributed by atoms with Crippen molar-refractivity contribution in [2.45, 2.75) is 58.0 Å². The first kappa shape index (κ1) is 21.5. The number of carbonyl (C=O) groups is 2. The lowest BCUT2D eigenvalue weighted by Crippen LogP contribution is -2.42. The molecule has 2 aliphatic heterocycles. The molecule has 6 heteroatoms. The van der Waals surface area contributed by atoms with Crippen molar-refractivity contribution in [1.29, 1.82) is 0 Å². The molecule has 0 saturated carbocycles. The molecule has 0 unspecified atom stereocenters. The summed E-state index contributed by atoms with van der Waals surface area (Å²) in [6.45, 7) is 8.49. The zero-order valence-corrected chi connectivity index (χ0v) is 18.1. The van der Waals surface area contributed by atoms with Gasteiger partial charge in [0.25, 0.3) is 0 Å². The molecule has 3 rings (SSSR count). The minimum atomic E-state index is -0.472. The van der Waals surface area contributed by atoms with Crippen molar-refractivity contribution in [3.8, 4) is 5.75 Å². The van der Waals surface area contributed by atoms with Crippen molar-refractivity contribution < 1.29 is 19.1 Å². The Labute approximate surface area is 174 Å². The minimum absolute atomic E-state index is 0.0881. The van der Waals surface area contributed by atoms with Gasteiger partial charge >= 0.3 is 6.09 Å². The van der Waals surface area contributed by atoms with E-state index in [1.54, 1.807) is 11.9 Å². The first-order valence-electron chi connectivity index (χ1n) is 10.7. The highest BCUT2D eigenvalue weighted by Crippen LogP contribution is 2.35. The summed E-state index contributed by atoms with van der Waals surface area (Å²) < 4.78 is 11.1. The van der Waals surface area contributed by atoms with Gasteiger partial charge in [0.2, 0.25) is 5.91 Å². The molecule has 2 amide bonds. The topological polar surface area (TPSA) is 59.1 Å². The van der Waals surface area contributed by atoms with Crippen LogP contribution in [0.2, 0.25) is 0 Å². The Morgan fingerprint density at radius 2 is 1.86 bits per heavy atom.